The van der Waals surface area contributed by atoms with Gasteiger partial charge in [0.1, 0.15) is 5.75 Å². The molecule has 0 aliphatic carbocycles. The lowest BCUT2D eigenvalue weighted by Gasteiger charge is -2.32. The molecule has 6 heteroatoms. The molecule has 0 saturated carbocycles. The number of nitrogens with one attached hydrogen (secondary N) is 1. The van der Waals surface area contributed by atoms with Gasteiger partial charge >= 0.3 is 0 Å². The number of aromatic nitrogens is 1. The van der Waals surface area contributed by atoms with Crippen LogP contribution in [0.15, 0.2) is 42.6 Å². The van der Waals surface area contributed by atoms with Gasteiger partial charge in [0, 0.05) is 49.9 Å². The summed E-state index contributed by atoms with van der Waals surface area (Å²) in [4.78, 5) is 31.1. The molecular weight excluding hydrogens is 354 g/mol. The molecule has 2 aromatic rings. The predicted molar refractivity (Wildman–Crippen MR) is 107 cm³/mol. The average Bonchev–Trinajstić information content (AvgIpc) is 2.71. The molecule has 1 aliphatic rings. The van der Waals surface area contributed by atoms with Gasteiger partial charge in [-0.2, -0.15) is 0 Å². The molecule has 2 heterocycles. The molecule has 1 N–H and O–H groups in total. The van der Waals surface area contributed by atoms with E-state index in [4.69, 9.17) is 4.74 Å². The van der Waals surface area contributed by atoms with Crippen LogP contribution in [0.2, 0.25) is 0 Å². The molecule has 2 amide bonds. The maximum atomic E-state index is 12.6. The number of carbonyl (C=O) groups excluding carboxylic acids is 2. The molecule has 0 bridgehead atoms. The zero-order valence-corrected chi connectivity index (χ0v) is 16.5. The summed E-state index contributed by atoms with van der Waals surface area (Å²) in [6.45, 7) is 3.46. The van der Waals surface area contributed by atoms with Crippen molar-refractivity contribution in [2.45, 2.75) is 32.7 Å². The van der Waals surface area contributed by atoms with E-state index in [2.05, 4.69) is 10.3 Å². The van der Waals surface area contributed by atoms with E-state index in [1.54, 1.807) is 18.2 Å². The van der Waals surface area contributed by atoms with Crippen LogP contribution in [-0.2, 0) is 22.6 Å². The minimum Gasteiger partial charge on any atom is -0.496 e. The fourth-order valence-electron chi connectivity index (χ4n) is 3.55. The lowest BCUT2D eigenvalue weighted by atomic mass is 9.96. The summed E-state index contributed by atoms with van der Waals surface area (Å²) in [5.41, 5.74) is 3.08. The summed E-state index contributed by atoms with van der Waals surface area (Å²) >= 11 is 0. The van der Waals surface area contributed by atoms with Crippen LogP contribution in [0, 0.1) is 12.8 Å². The van der Waals surface area contributed by atoms with Crippen LogP contribution in [0.3, 0.4) is 0 Å². The number of para-hydroxylation sites is 1. The first kappa shape index (κ1) is 19.9. The molecule has 1 fully saturated rings. The number of aryl methyl sites for hydroxylation is 1. The van der Waals surface area contributed by atoms with Crippen molar-refractivity contribution in [3.05, 3.63) is 59.4 Å². The number of pyridine rings is 1. The van der Waals surface area contributed by atoms with Crippen molar-refractivity contribution >= 4 is 11.8 Å². The monoisotopic (exact) mass is 381 g/mol. The number of methoxy groups -OCH3 is 1. The van der Waals surface area contributed by atoms with Crippen LogP contribution >= 0.6 is 0 Å². The molecular formula is C22H27N3O3. The van der Waals surface area contributed by atoms with Crippen molar-refractivity contribution in [1.82, 2.24) is 15.2 Å². The Balaban J connectivity index is 1.55. The van der Waals surface area contributed by atoms with Crippen molar-refractivity contribution in [2.75, 3.05) is 20.2 Å². The first-order valence-corrected chi connectivity index (χ1v) is 9.66. The third kappa shape index (κ3) is 4.88. The van der Waals surface area contributed by atoms with Gasteiger partial charge in [-0.15, -0.1) is 0 Å². The minimum atomic E-state index is -0.183. The number of amides is 2. The zero-order chi connectivity index (χ0) is 19.9. The Labute approximate surface area is 165 Å². The van der Waals surface area contributed by atoms with Gasteiger partial charge in [-0.25, -0.2) is 0 Å². The standard InChI is InChI=1S/C22H27N3O3/c1-16-6-5-12-23-19(16)11-13-24-22(27)18-9-10-21(26)25(15-18)14-17-7-3-4-8-20(17)28-2/h3-8,12,18H,9-11,13-15H2,1-2H3,(H,24,27)/t18-/m1/s1. The van der Waals surface area contributed by atoms with E-state index in [0.29, 0.717) is 38.9 Å². The average molecular weight is 381 g/mol. The highest BCUT2D eigenvalue weighted by atomic mass is 16.5. The smallest absolute Gasteiger partial charge is 0.224 e. The number of hydrogen-bond donors (Lipinski definition) is 1. The van der Waals surface area contributed by atoms with Crippen LogP contribution in [-0.4, -0.2) is 41.9 Å². The fraction of sp³-hybridized carbons (Fsp3) is 0.409. The summed E-state index contributed by atoms with van der Waals surface area (Å²) < 4.78 is 5.38. The molecule has 6 nitrogen and oxygen atoms in total. The summed E-state index contributed by atoms with van der Waals surface area (Å²) in [6, 6.07) is 11.6. The number of ether oxygens (including phenoxy) is 1. The van der Waals surface area contributed by atoms with Crippen LogP contribution < -0.4 is 10.1 Å². The van der Waals surface area contributed by atoms with Gasteiger partial charge in [0.15, 0.2) is 0 Å². The number of piperidine rings is 1. The van der Waals surface area contributed by atoms with E-state index in [1.165, 1.54) is 0 Å². The number of likely N-dealkylation sites (tertiary alicyclic amines) is 1. The van der Waals surface area contributed by atoms with E-state index in [-0.39, 0.29) is 17.7 Å². The summed E-state index contributed by atoms with van der Waals surface area (Å²) in [5, 5.41) is 3.01. The summed E-state index contributed by atoms with van der Waals surface area (Å²) in [7, 11) is 1.62. The molecule has 0 unspecified atom stereocenters. The van der Waals surface area contributed by atoms with E-state index >= 15 is 0 Å². The van der Waals surface area contributed by atoms with Gasteiger partial charge < -0.3 is 15.0 Å². The lowest BCUT2D eigenvalue weighted by Crippen LogP contribution is -2.45. The first-order chi connectivity index (χ1) is 13.6. The summed E-state index contributed by atoms with van der Waals surface area (Å²) in [6.07, 6.45) is 3.46. The number of nitrogens with zero attached hydrogens (tertiary/aromatic N) is 2. The van der Waals surface area contributed by atoms with E-state index in [1.807, 2.05) is 43.3 Å². The van der Waals surface area contributed by atoms with Gasteiger partial charge in [-0.05, 0) is 31.0 Å². The van der Waals surface area contributed by atoms with Crippen molar-refractivity contribution < 1.29 is 14.3 Å². The Kier molecular flexibility index (Phi) is 6.63. The number of rotatable bonds is 7. The van der Waals surface area contributed by atoms with Gasteiger partial charge in [-0.3, -0.25) is 14.6 Å². The van der Waals surface area contributed by atoms with Gasteiger partial charge in [0.05, 0.1) is 13.0 Å². The molecule has 0 radical (unpaired) electrons. The highest BCUT2D eigenvalue weighted by Crippen LogP contribution is 2.24. The number of hydrogen-bond acceptors (Lipinski definition) is 4. The maximum absolute atomic E-state index is 12.6. The highest BCUT2D eigenvalue weighted by molar-refractivity contribution is 5.83. The maximum Gasteiger partial charge on any atom is 0.224 e. The number of benzene rings is 1. The molecule has 1 atom stereocenters. The molecule has 3 rings (SSSR count). The minimum absolute atomic E-state index is 0.00566. The largest absolute Gasteiger partial charge is 0.496 e. The van der Waals surface area contributed by atoms with Gasteiger partial charge in [-0.1, -0.05) is 24.3 Å². The van der Waals surface area contributed by atoms with E-state index in [9.17, 15) is 9.59 Å². The zero-order valence-electron chi connectivity index (χ0n) is 16.5. The molecule has 0 spiro atoms. The van der Waals surface area contributed by atoms with Gasteiger partial charge in [0.2, 0.25) is 11.8 Å². The predicted octanol–water partition coefficient (Wildman–Crippen LogP) is 2.50. The first-order valence-electron chi connectivity index (χ1n) is 9.66. The molecule has 1 aromatic heterocycles. The fourth-order valence-corrected chi connectivity index (χ4v) is 3.55. The molecule has 1 aromatic carbocycles. The number of carbonyl (C=O) groups is 2. The molecule has 1 aliphatic heterocycles. The van der Waals surface area contributed by atoms with Crippen molar-refractivity contribution in [2.24, 2.45) is 5.92 Å². The lowest BCUT2D eigenvalue weighted by molar-refractivity contribution is -0.138. The summed E-state index contributed by atoms with van der Waals surface area (Å²) in [5.74, 6) is 0.662. The molecule has 28 heavy (non-hydrogen) atoms. The second kappa shape index (κ2) is 9.35. The van der Waals surface area contributed by atoms with Crippen LogP contribution in [0.1, 0.15) is 29.7 Å². The van der Waals surface area contributed by atoms with Crippen LogP contribution in [0.25, 0.3) is 0 Å². The van der Waals surface area contributed by atoms with Crippen molar-refractivity contribution in [3.8, 4) is 5.75 Å². The second-order valence-corrected chi connectivity index (χ2v) is 7.13. The Morgan fingerprint density at radius 2 is 2.11 bits per heavy atom. The topological polar surface area (TPSA) is 71.5 Å². The van der Waals surface area contributed by atoms with Crippen molar-refractivity contribution in [1.29, 1.82) is 0 Å². The van der Waals surface area contributed by atoms with Crippen LogP contribution in [0.4, 0.5) is 0 Å². The normalized spacial score (nSPS) is 16.7. The molecule has 148 valence electrons. The Bertz CT molecular complexity index is 837. The third-order valence-corrected chi connectivity index (χ3v) is 5.20. The van der Waals surface area contributed by atoms with E-state index < -0.39 is 0 Å². The highest BCUT2D eigenvalue weighted by Gasteiger charge is 2.30. The Morgan fingerprint density at radius 3 is 2.89 bits per heavy atom. The van der Waals surface area contributed by atoms with E-state index in [0.717, 1.165) is 22.6 Å². The Morgan fingerprint density at radius 1 is 1.29 bits per heavy atom. The quantitative estimate of drug-likeness (QED) is 0.800. The Hall–Kier alpha value is -2.89. The van der Waals surface area contributed by atoms with Crippen molar-refractivity contribution in [3.63, 3.8) is 0 Å². The molecule has 1 saturated heterocycles. The third-order valence-electron chi connectivity index (χ3n) is 5.20. The second-order valence-electron chi connectivity index (χ2n) is 7.13. The SMILES string of the molecule is COc1ccccc1CN1C[C@H](C(=O)NCCc2ncccc2C)CCC1=O. The van der Waals surface area contributed by atoms with Crippen LogP contribution in [0.5, 0.6) is 5.75 Å². The van der Waals surface area contributed by atoms with Gasteiger partial charge in [0.25, 0.3) is 0 Å².